The van der Waals surface area contributed by atoms with Crippen LogP contribution in [0.3, 0.4) is 0 Å². The Morgan fingerprint density at radius 3 is 2.67 bits per heavy atom. The number of fused-ring (bicyclic) bond motifs is 1. The van der Waals surface area contributed by atoms with Crippen LogP contribution in [-0.4, -0.2) is 24.5 Å². The summed E-state index contributed by atoms with van der Waals surface area (Å²) in [5.41, 5.74) is 2.52. The highest BCUT2D eigenvalue weighted by Gasteiger charge is 2.31. The zero-order valence-corrected chi connectivity index (χ0v) is 13.8. The van der Waals surface area contributed by atoms with Crippen LogP contribution in [0.2, 0.25) is 0 Å². The van der Waals surface area contributed by atoms with Gasteiger partial charge in [0.25, 0.3) is 5.91 Å². The molecule has 1 aliphatic rings. The maximum Gasteiger partial charge on any atom is 0.267 e. The average Bonchev–Trinajstić information content (AvgIpc) is 2.56. The van der Waals surface area contributed by atoms with Crippen LogP contribution in [0.4, 0.5) is 11.4 Å². The van der Waals surface area contributed by atoms with Crippen molar-refractivity contribution < 1.29 is 14.3 Å². The first kappa shape index (κ1) is 16.1. The number of hydrogen-bond donors (Lipinski definition) is 1. The molecule has 0 aromatic heterocycles. The lowest BCUT2D eigenvalue weighted by Crippen LogP contribution is -2.45. The predicted molar refractivity (Wildman–Crippen MR) is 93.3 cm³/mol. The molecule has 2 amide bonds. The number of ether oxygens (including phenoxy) is 1. The van der Waals surface area contributed by atoms with Crippen LogP contribution in [0.15, 0.2) is 48.5 Å². The van der Waals surface area contributed by atoms with E-state index in [-0.39, 0.29) is 11.8 Å². The summed E-state index contributed by atoms with van der Waals surface area (Å²) in [6.45, 7) is 3.77. The molecule has 124 valence electrons. The highest BCUT2D eigenvalue weighted by molar-refractivity contribution is 6.01. The van der Waals surface area contributed by atoms with E-state index in [9.17, 15) is 9.59 Å². The molecule has 0 bridgehead atoms. The first-order valence-electron chi connectivity index (χ1n) is 7.98. The van der Waals surface area contributed by atoms with Crippen LogP contribution in [0.1, 0.15) is 19.4 Å². The van der Waals surface area contributed by atoms with Crippen LogP contribution < -0.4 is 15.0 Å². The number of nitrogens with one attached hydrogen (secondary N) is 1. The van der Waals surface area contributed by atoms with Crippen LogP contribution in [-0.2, 0) is 16.0 Å². The van der Waals surface area contributed by atoms with E-state index in [0.29, 0.717) is 23.7 Å². The molecule has 0 spiro atoms. The van der Waals surface area contributed by atoms with Gasteiger partial charge in [-0.1, -0.05) is 30.3 Å². The molecule has 1 aliphatic heterocycles. The molecule has 1 N–H and O–H groups in total. The fourth-order valence-electron chi connectivity index (χ4n) is 2.80. The molecule has 0 radical (unpaired) electrons. The van der Waals surface area contributed by atoms with Gasteiger partial charge >= 0.3 is 0 Å². The highest BCUT2D eigenvalue weighted by atomic mass is 16.5. The van der Waals surface area contributed by atoms with Gasteiger partial charge in [0.05, 0.1) is 5.69 Å². The SMILES string of the molecule is CC(=O)Nc1ccc2c(c1)N(CCc1ccccc1)C(=O)C(C)O2. The van der Waals surface area contributed by atoms with Gasteiger partial charge in [0.2, 0.25) is 5.91 Å². The molecule has 5 heteroatoms. The van der Waals surface area contributed by atoms with Crippen molar-refractivity contribution in [2.24, 2.45) is 0 Å². The number of benzene rings is 2. The van der Waals surface area contributed by atoms with Crippen LogP contribution >= 0.6 is 0 Å². The van der Waals surface area contributed by atoms with Gasteiger partial charge in [0, 0.05) is 19.2 Å². The van der Waals surface area contributed by atoms with Crippen molar-refractivity contribution in [2.75, 3.05) is 16.8 Å². The van der Waals surface area contributed by atoms with Crippen LogP contribution in [0.5, 0.6) is 5.75 Å². The normalized spacial score (nSPS) is 16.3. The van der Waals surface area contributed by atoms with Gasteiger partial charge in [-0.15, -0.1) is 0 Å². The van der Waals surface area contributed by atoms with Gasteiger partial charge in [0.1, 0.15) is 5.75 Å². The molecule has 1 atom stereocenters. The molecule has 0 aliphatic carbocycles. The molecule has 24 heavy (non-hydrogen) atoms. The summed E-state index contributed by atoms with van der Waals surface area (Å²) in [7, 11) is 0. The minimum atomic E-state index is -0.514. The summed E-state index contributed by atoms with van der Waals surface area (Å²) < 4.78 is 5.68. The maximum atomic E-state index is 12.6. The molecule has 1 unspecified atom stereocenters. The summed E-state index contributed by atoms with van der Waals surface area (Å²) in [6, 6.07) is 15.4. The van der Waals surface area contributed by atoms with E-state index in [1.54, 1.807) is 30.0 Å². The van der Waals surface area contributed by atoms with Gasteiger partial charge in [-0.2, -0.15) is 0 Å². The van der Waals surface area contributed by atoms with E-state index in [0.717, 1.165) is 6.42 Å². The van der Waals surface area contributed by atoms with E-state index in [1.165, 1.54) is 12.5 Å². The van der Waals surface area contributed by atoms with Gasteiger partial charge in [0.15, 0.2) is 6.10 Å². The second-order valence-corrected chi connectivity index (χ2v) is 5.85. The van der Waals surface area contributed by atoms with Crippen molar-refractivity contribution in [3.63, 3.8) is 0 Å². The van der Waals surface area contributed by atoms with E-state index < -0.39 is 6.10 Å². The predicted octanol–water partition coefficient (Wildman–Crippen LogP) is 3.00. The van der Waals surface area contributed by atoms with Gasteiger partial charge in [-0.05, 0) is 37.1 Å². The quantitative estimate of drug-likeness (QED) is 0.940. The number of rotatable bonds is 4. The average molecular weight is 324 g/mol. The molecule has 3 rings (SSSR count). The van der Waals surface area contributed by atoms with Crippen molar-refractivity contribution >= 4 is 23.2 Å². The molecule has 5 nitrogen and oxygen atoms in total. The van der Waals surface area contributed by atoms with Crippen LogP contribution in [0, 0.1) is 0 Å². The van der Waals surface area contributed by atoms with Crippen molar-refractivity contribution in [2.45, 2.75) is 26.4 Å². The smallest absolute Gasteiger partial charge is 0.267 e. The van der Waals surface area contributed by atoms with Crippen molar-refractivity contribution in [1.29, 1.82) is 0 Å². The Balaban J connectivity index is 1.87. The molecular formula is C19H20N2O3. The topological polar surface area (TPSA) is 58.6 Å². The Hall–Kier alpha value is -2.82. The first-order chi connectivity index (χ1) is 11.5. The van der Waals surface area contributed by atoms with Gasteiger partial charge in [-0.3, -0.25) is 9.59 Å². The summed E-state index contributed by atoms with van der Waals surface area (Å²) >= 11 is 0. The lowest BCUT2D eigenvalue weighted by molar-refractivity contribution is -0.125. The minimum Gasteiger partial charge on any atom is -0.479 e. The molecular weight excluding hydrogens is 304 g/mol. The molecule has 0 saturated heterocycles. The van der Waals surface area contributed by atoms with E-state index in [2.05, 4.69) is 5.32 Å². The van der Waals surface area contributed by atoms with Crippen molar-refractivity contribution in [3.8, 4) is 5.75 Å². The summed E-state index contributed by atoms with van der Waals surface area (Å²) in [5, 5.41) is 2.74. The first-order valence-corrected chi connectivity index (χ1v) is 7.98. The van der Waals surface area contributed by atoms with Gasteiger partial charge in [-0.25, -0.2) is 0 Å². The molecule has 2 aromatic carbocycles. The molecule has 0 fully saturated rings. The molecule has 0 saturated carbocycles. The summed E-state index contributed by atoms with van der Waals surface area (Å²) in [4.78, 5) is 25.6. The van der Waals surface area contributed by atoms with Gasteiger partial charge < -0.3 is 15.0 Å². The monoisotopic (exact) mass is 324 g/mol. The zero-order chi connectivity index (χ0) is 17.1. The fraction of sp³-hybridized carbons (Fsp3) is 0.263. The van der Waals surface area contributed by atoms with Crippen LogP contribution in [0.25, 0.3) is 0 Å². The Labute approximate surface area is 141 Å². The summed E-state index contributed by atoms with van der Waals surface area (Å²) in [5.74, 6) is 0.435. The minimum absolute atomic E-state index is 0.0709. The van der Waals surface area contributed by atoms with Crippen molar-refractivity contribution in [1.82, 2.24) is 0 Å². The van der Waals surface area contributed by atoms with Crippen molar-refractivity contribution in [3.05, 3.63) is 54.1 Å². The summed E-state index contributed by atoms with van der Waals surface area (Å²) in [6.07, 6.45) is 0.239. The number of nitrogens with zero attached hydrogens (tertiary/aromatic N) is 1. The third kappa shape index (κ3) is 3.40. The lowest BCUT2D eigenvalue weighted by Gasteiger charge is -2.33. The number of hydrogen-bond acceptors (Lipinski definition) is 3. The Kier molecular flexibility index (Phi) is 4.51. The second-order valence-electron chi connectivity index (χ2n) is 5.85. The lowest BCUT2D eigenvalue weighted by atomic mass is 10.1. The Morgan fingerprint density at radius 2 is 1.96 bits per heavy atom. The van der Waals surface area contributed by atoms with E-state index in [4.69, 9.17) is 4.74 Å². The Morgan fingerprint density at radius 1 is 1.21 bits per heavy atom. The second kappa shape index (κ2) is 6.74. The highest BCUT2D eigenvalue weighted by Crippen LogP contribution is 2.36. The zero-order valence-electron chi connectivity index (χ0n) is 13.8. The number of anilines is 2. The molecule has 1 heterocycles. The molecule has 2 aromatic rings. The number of amides is 2. The third-order valence-corrected chi connectivity index (χ3v) is 3.95. The fourth-order valence-corrected chi connectivity index (χ4v) is 2.80. The number of carbonyl (C=O) groups is 2. The van der Waals surface area contributed by atoms with E-state index in [1.807, 2.05) is 30.3 Å². The maximum absolute atomic E-state index is 12.6. The standard InChI is InChI=1S/C19H20N2O3/c1-13-19(23)21(11-10-15-6-4-3-5-7-15)17-12-16(20-14(2)22)8-9-18(17)24-13/h3-9,12-13H,10-11H2,1-2H3,(H,20,22). The number of carbonyl (C=O) groups excluding carboxylic acids is 2. The largest absolute Gasteiger partial charge is 0.479 e. The Bertz CT molecular complexity index is 758. The third-order valence-electron chi connectivity index (χ3n) is 3.95. The van der Waals surface area contributed by atoms with E-state index >= 15 is 0 Å².